The number of urea groups is 1. The Bertz CT molecular complexity index is 780. The number of rotatable bonds is 2. The molecule has 0 aliphatic carbocycles. The van der Waals surface area contributed by atoms with E-state index in [1.54, 1.807) is 13.3 Å². The molecule has 1 atom stereocenters. The zero-order chi connectivity index (χ0) is 17.2. The van der Waals surface area contributed by atoms with Crippen LogP contribution < -0.4 is 14.4 Å². The molecular formula is C19H21N3O3. The number of hydrogen-bond donors (Lipinski definition) is 0. The number of anilines is 1. The van der Waals surface area contributed by atoms with Crippen LogP contribution in [0.1, 0.15) is 17.9 Å². The standard InChI is InChI=1S/C19H21N3O3/c1-24-18-15(5-4-9-20-18)14-8-10-21(13-14)19(23)22-11-12-25-17-7-3-2-6-16(17)22/h2-7,9,14H,8,10-13H2,1H3. The fourth-order valence-electron chi connectivity index (χ4n) is 3.61. The van der Waals surface area contributed by atoms with Crippen molar-refractivity contribution in [2.75, 3.05) is 38.3 Å². The van der Waals surface area contributed by atoms with E-state index in [2.05, 4.69) is 4.98 Å². The Morgan fingerprint density at radius 2 is 2.12 bits per heavy atom. The fraction of sp³-hybridized carbons (Fsp3) is 0.368. The van der Waals surface area contributed by atoms with Gasteiger partial charge in [-0.1, -0.05) is 18.2 Å². The smallest absolute Gasteiger partial charge is 0.324 e. The predicted molar refractivity (Wildman–Crippen MR) is 94.4 cm³/mol. The number of ether oxygens (including phenoxy) is 2. The van der Waals surface area contributed by atoms with Crippen molar-refractivity contribution in [3.8, 4) is 11.6 Å². The number of pyridine rings is 1. The summed E-state index contributed by atoms with van der Waals surface area (Å²) in [6.07, 6.45) is 2.64. The van der Waals surface area contributed by atoms with E-state index in [-0.39, 0.29) is 11.9 Å². The van der Waals surface area contributed by atoms with Crippen LogP contribution in [-0.2, 0) is 0 Å². The summed E-state index contributed by atoms with van der Waals surface area (Å²) in [5, 5.41) is 0. The first-order valence-electron chi connectivity index (χ1n) is 8.55. The van der Waals surface area contributed by atoms with Crippen molar-refractivity contribution in [2.45, 2.75) is 12.3 Å². The lowest BCUT2D eigenvalue weighted by Crippen LogP contribution is -2.45. The summed E-state index contributed by atoms with van der Waals surface area (Å²) in [4.78, 5) is 21.1. The SMILES string of the molecule is COc1ncccc1C1CCN(C(=O)N2CCOc3ccccc32)C1. The van der Waals surface area contributed by atoms with E-state index in [0.717, 1.165) is 30.0 Å². The number of hydrogen-bond acceptors (Lipinski definition) is 4. The highest BCUT2D eigenvalue weighted by atomic mass is 16.5. The van der Waals surface area contributed by atoms with Crippen LogP contribution >= 0.6 is 0 Å². The molecule has 1 fully saturated rings. The monoisotopic (exact) mass is 339 g/mol. The molecule has 0 N–H and O–H groups in total. The third-order valence-corrected chi connectivity index (χ3v) is 4.85. The average molecular weight is 339 g/mol. The number of carbonyl (C=O) groups excluding carboxylic acids is 1. The summed E-state index contributed by atoms with van der Waals surface area (Å²) in [6, 6.07) is 11.7. The quantitative estimate of drug-likeness (QED) is 0.844. The van der Waals surface area contributed by atoms with Gasteiger partial charge in [-0.25, -0.2) is 9.78 Å². The number of amides is 2. The second kappa shape index (κ2) is 6.63. The van der Waals surface area contributed by atoms with Gasteiger partial charge in [0.15, 0.2) is 0 Å². The van der Waals surface area contributed by atoms with Crippen molar-refractivity contribution >= 4 is 11.7 Å². The third kappa shape index (κ3) is 2.88. The number of carbonyl (C=O) groups is 1. The van der Waals surface area contributed by atoms with Crippen molar-refractivity contribution in [2.24, 2.45) is 0 Å². The van der Waals surface area contributed by atoms with Gasteiger partial charge in [-0.05, 0) is 24.6 Å². The molecule has 0 radical (unpaired) electrons. The molecule has 1 aromatic heterocycles. The lowest BCUT2D eigenvalue weighted by Gasteiger charge is -2.32. The van der Waals surface area contributed by atoms with Crippen molar-refractivity contribution in [3.05, 3.63) is 48.2 Å². The summed E-state index contributed by atoms with van der Waals surface area (Å²) < 4.78 is 11.0. The van der Waals surface area contributed by atoms with Crippen LogP contribution in [0.5, 0.6) is 11.6 Å². The van der Waals surface area contributed by atoms with Crippen LogP contribution in [0.2, 0.25) is 0 Å². The van der Waals surface area contributed by atoms with E-state index in [9.17, 15) is 4.79 Å². The van der Waals surface area contributed by atoms with Gasteiger partial charge in [0, 0.05) is 30.8 Å². The van der Waals surface area contributed by atoms with Crippen LogP contribution in [0.25, 0.3) is 0 Å². The number of aromatic nitrogens is 1. The highest BCUT2D eigenvalue weighted by Crippen LogP contribution is 2.35. The Morgan fingerprint density at radius 1 is 1.24 bits per heavy atom. The second-order valence-corrected chi connectivity index (χ2v) is 6.28. The minimum Gasteiger partial charge on any atom is -0.490 e. The van der Waals surface area contributed by atoms with Crippen molar-refractivity contribution < 1.29 is 14.3 Å². The van der Waals surface area contributed by atoms with Crippen LogP contribution in [-0.4, -0.2) is 49.3 Å². The number of nitrogens with zero attached hydrogens (tertiary/aromatic N) is 3. The van der Waals surface area contributed by atoms with Gasteiger partial charge in [0.05, 0.1) is 19.3 Å². The van der Waals surface area contributed by atoms with Crippen molar-refractivity contribution in [1.82, 2.24) is 9.88 Å². The highest BCUT2D eigenvalue weighted by molar-refractivity contribution is 5.94. The minimum atomic E-state index is 0.0427. The van der Waals surface area contributed by atoms with E-state index in [0.29, 0.717) is 25.6 Å². The normalized spacial score (nSPS) is 19.3. The van der Waals surface area contributed by atoms with Gasteiger partial charge in [0.1, 0.15) is 12.4 Å². The van der Waals surface area contributed by atoms with E-state index in [4.69, 9.17) is 9.47 Å². The molecule has 4 rings (SSSR count). The number of fused-ring (bicyclic) bond motifs is 1. The van der Waals surface area contributed by atoms with Gasteiger partial charge in [-0.3, -0.25) is 4.90 Å². The molecule has 6 heteroatoms. The molecular weight excluding hydrogens is 318 g/mol. The molecule has 1 aromatic carbocycles. The Labute approximate surface area is 147 Å². The molecule has 2 aromatic rings. The topological polar surface area (TPSA) is 54.9 Å². The van der Waals surface area contributed by atoms with Crippen LogP contribution in [0.3, 0.4) is 0 Å². The maximum atomic E-state index is 13.0. The molecule has 6 nitrogen and oxygen atoms in total. The Balaban J connectivity index is 1.52. The van der Waals surface area contributed by atoms with Crippen molar-refractivity contribution in [3.63, 3.8) is 0 Å². The molecule has 130 valence electrons. The maximum absolute atomic E-state index is 13.0. The van der Waals surface area contributed by atoms with Gasteiger partial charge in [-0.2, -0.15) is 0 Å². The predicted octanol–water partition coefficient (Wildman–Crippen LogP) is 2.90. The molecule has 0 bridgehead atoms. The average Bonchev–Trinajstić information content (AvgIpc) is 3.17. The molecule has 1 saturated heterocycles. The summed E-state index contributed by atoms with van der Waals surface area (Å²) in [7, 11) is 1.63. The number of benzene rings is 1. The molecule has 2 aliphatic heterocycles. The van der Waals surface area contributed by atoms with Crippen molar-refractivity contribution in [1.29, 1.82) is 0 Å². The van der Waals surface area contributed by atoms with Crippen LogP contribution in [0.15, 0.2) is 42.6 Å². The zero-order valence-electron chi connectivity index (χ0n) is 14.2. The Kier molecular flexibility index (Phi) is 4.17. The number of methoxy groups -OCH3 is 1. The molecule has 3 heterocycles. The first-order valence-corrected chi connectivity index (χ1v) is 8.55. The lowest BCUT2D eigenvalue weighted by atomic mass is 10.00. The van der Waals surface area contributed by atoms with E-state index in [1.165, 1.54) is 0 Å². The Morgan fingerprint density at radius 3 is 3.00 bits per heavy atom. The van der Waals surface area contributed by atoms with Gasteiger partial charge in [0.25, 0.3) is 0 Å². The van der Waals surface area contributed by atoms with E-state index >= 15 is 0 Å². The first kappa shape index (κ1) is 15.7. The summed E-state index contributed by atoms with van der Waals surface area (Å²) >= 11 is 0. The molecule has 0 saturated carbocycles. The molecule has 0 spiro atoms. The van der Waals surface area contributed by atoms with Crippen LogP contribution in [0, 0.1) is 0 Å². The Hall–Kier alpha value is -2.76. The minimum absolute atomic E-state index is 0.0427. The second-order valence-electron chi connectivity index (χ2n) is 6.28. The maximum Gasteiger partial charge on any atom is 0.324 e. The van der Waals surface area contributed by atoms with Gasteiger partial charge in [-0.15, -0.1) is 0 Å². The third-order valence-electron chi connectivity index (χ3n) is 4.85. The first-order chi connectivity index (χ1) is 12.3. The molecule has 2 amide bonds. The summed E-state index contributed by atoms with van der Waals surface area (Å²) in [5.41, 5.74) is 1.92. The summed E-state index contributed by atoms with van der Waals surface area (Å²) in [6.45, 7) is 2.52. The molecule has 1 unspecified atom stereocenters. The van der Waals surface area contributed by atoms with Gasteiger partial charge < -0.3 is 14.4 Å². The molecule has 25 heavy (non-hydrogen) atoms. The largest absolute Gasteiger partial charge is 0.490 e. The van der Waals surface area contributed by atoms with Gasteiger partial charge in [0.2, 0.25) is 5.88 Å². The lowest BCUT2D eigenvalue weighted by molar-refractivity contribution is 0.209. The van der Waals surface area contributed by atoms with E-state index in [1.807, 2.05) is 46.2 Å². The zero-order valence-corrected chi connectivity index (χ0v) is 14.2. The highest BCUT2D eigenvalue weighted by Gasteiger charge is 2.34. The van der Waals surface area contributed by atoms with Gasteiger partial charge >= 0.3 is 6.03 Å². The fourth-order valence-corrected chi connectivity index (χ4v) is 3.61. The van der Waals surface area contributed by atoms with E-state index < -0.39 is 0 Å². The molecule has 2 aliphatic rings. The number of likely N-dealkylation sites (tertiary alicyclic amines) is 1. The number of para-hydroxylation sites is 2. The van der Waals surface area contributed by atoms with Crippen LogP contribution in [0.4, 0.5) is 10.5 Å². The summed E-state index contributed by atoms with van der Waals surface area (Å²) in [5.74, 6) is 1.68.